The van der Waals surface area contributed by atoms with Gasteiger partial charge in [-0.1, -0.05) is 78.6 Å². The van der Waals surface area contributed by atoms with E-state index in [0.717, 1.165) is 31.6 Å². The van der Waals surface area contributed by atoms with Crippen molar-refractivity contribution in [2.24, 2.45) is 5.92 Å². The molecule has 0 heterocycles. The first-order valence-corrected chi connectivity index (χ1v) is 8.39. The van der Waals surface area contributed by atoms with Crippen LogP contribution >= 0.6 is 0 Å². The minimum Gasteiger partial charge on any atom is -0.103 e. The Bertz CT molecular complexity index is 218. The van der Waals surface area contributed by atoms with Crippen LogP contribution in [0.15, 0.2) is 0 Å². The summed E-state index contributed by atoms with van der Waals surface area (Å²) < 4.78 is 0. The third kappa shape index (κ3) is 13.8. The van der Waals surface area contributed by atoms with E-state index in [9.17, 15) is 0 Å². The van der Waals surface area contributed by atoms with Gasteiger partial charge in [-0.25, -0.2) is 0 Å². The summed E-state index contributed by atoms with van der Waals surface area (Å²) in [6.45, 7) is 10.1. The van der Waals surface area contributed by atoms with Gasteiger partial charge in [0.15, 0.2) is 0 Å². The molecule has 0 aromatic rings. The molecule has 0 N–H and O–H groups in total. The van der Waals surface area contributed by atoms with Gasteiger partial charge in [-0.3, -0.25) is 0 Å². The fourth-order valence-electron chi connectivity index (χ4n) is 2.29. The van der Waals surface area contributed by atoms with Gasteiger partial charge in [0.05, 0.1) is 0 Å². The normalized spacial score (nSPS) is 11.9. The summed E-state index contributed by atoms with van der Waals surface area (Å²) in [5.74, 6) is 7.56. The zero-order valence-electron chi connectivity index (χ0n) is 13.2. The monoisotopic (exact) mass is 262 g/mol. The lowest BCUT2D eigenvalue weighted by Gasteiger charge is -2.10. The van der Waals surface area contributed by atoms with Gasteiger partial charge in [-0.05, 0) is 18.8 Å². The van der Waals surface area contributed by atoms with Gasteiger partial charge in [-0.15, -0.1) is 11.8 Å². The highest BCUT2D eigenvalue weighted by molar-refractivity contribution is 4.99. The molecule has 0 aliphatic carbocycles. The molecule has 0 aliphatic rings. The van der Waals surface area contributed by atoms with Crippen molar-refractivity contribution in [3.05, 3.63) is 13.8 Å². The Kier molecular flexibility index (Phi) is 15.3. The molecule has 0 saturated heterocycles. The molecule has 0 fully saturated rings. The van der Waals surface area contributed by atoms with E-state index in [1.807, 2.05) is 0 Å². The first-order valence-electron chi connectivity index (χ1n) is 8.39. The summed E-state index contributed by atoms with van der Waals surface area (Å²) in [5.41, 5.74) is 0. The summed E-state index contributed by atoms with van der Waals surface area (Å²) >= 11 is 0. The van der Waals surface area contributed by atoms with Crippen molar-refractivity contribution in [1.82, 2.24) is 0 Å². The van der Waals surface area contributed by atoms with E-state index in [1.54, 1.807) is 0 Å². The van der Waals surface area contributed by atoms with Crippen molar-refractivity contribution in [2.45, 2.75) is 90.4 Å². The molecule has 1 atom stereocenters. The van der Waals surface area contributed by atoms with E-state index in [1.165, 1.54) is 57.8 Å². The molecule has 0 bridgehead atoms. The minimum absolute atomic E-state index is 0.826. The van der Waals surface area contributed by atoms with Crippen molar-refractivity contribution in [3.63, 3.8) is 0 Å². The van der Waals surface area contributed by atoms with Crippen LogP contribution in [0.25, 0.3) is 0 Å². The number of unbranched alkanes of at least 4 members (excludes halogenated alkanes) is 8. The van der Waals surface area contributed by atoms with Gasteiger partial charge in [-0.2, -0.15) is 0 Å². The minimum atomic E-state index is 0.826. The maximum absolute atomic E-state index is 3.89. The lowest BCUT2D eigenvalue weighted by atomic mass is 9.95. The maximum Gasteiger partial charge on any atom is 0.0117 e. The molecule has 0 spiro atoms. The summed E-state index contributed by atoms with van der Waals surface area (Å²) in [7, 11) is 0. The average Bonchev–Trinajstić information content (AvgIpc) is 2.44. The van der Waals surface area contributed by atoms with E-state index in [0.29, 0.717) is 0 Å². The molecular formula is C19H34. The number of hydrogen-bond donors (Lipinski definition) is 0. The predicted molar refractivity (Wildman–Crippen MR) is 87.7 cm³/mol. The first kappa shape index (κ1) is 18.6. The Labute approximate surface area is 122 Å². The predicted octanol–water partition coefficient (Wildman–Crippen LogP) is 6.37. The van der Waals surface area contributed by atoms with Gasteiger partial charge < -0.3 is 0 Å². The van der Waals surface area contributed by atoms with E-state index in [-0.39, 0.29) is 0 Å². The van der Waals surface area contributed by atoms with E-state index in [2.05, 4.69) is 32.6 Å². The highest BCUT2D eigenvalue weighted by Gasteiger charge is 2.03. The van der Waals surface area contributed by atoms with Crippen molar-refractivity contribution in [2.75, 3.05) is 0 Å². The largest absolute Gasteiger partial charge is 0.103 e. The van der Waals surface area contributed by atoms with Crippen LogP contribution < -0.4 is 0 Å². The second-order valence-corrected chi connectivity index (χ2v) is 5.55. The number of rotatable bonds is 12. The fraction of sp³-hybridized carbons (Fsp3) is 0.789. The Morgan fingerprint density at radius 3 is 2.05 bits per heavy atom. The second-order valence-electron chi connectivity index (χ2n) is 5.55. The Balaban J connectivity index is 3.50. The zero-order chi connectivity index (χ0) is 14.2. The highest BCUT2D eigenvalue weighted by Crippen LogP contribution is 2.17. The Hall–Kier alpha value is -0.440. The van der Waals surface area contributed by atoms with Gasteiger partial charge >= 0.3 is 0 Å². The molecule has 2 radical (unpaired) electrons. The van der Waals surface area contributed by atoms with Gasteiger partial charge in [0.1, 0.15) is 0 Å². The second kappa shape index (κ2) is 15.6. The fourth-order valence-corrected chi connectivity index (χ4v) is 2.29. The third-order valence-electron chi connectivity index (χ3n) is 3.76. The SMILES string of the molecule is [CH2]CCCCCC#CCC(CC)CCCCCC[CH2]. The molecule has 0 aliphatic heterocycles. The lowest BCUT2D eigenvalue weighted by molar-refractivity contribution is 0.449. The smallest absolute Gasteiger partial charge is 0.0117 e. The molecule has 0 saturated carbocycles. The van der Waals surface area contributed by atoms with Crippen LogP contribution in [0.2, 0.25) is 0 Å². The highest BCUT2D eigenvalue weighted by atomic mass is 14.1. The molecule has 0 amide bonds. The molecule has 110 valence electrons. The van der Waals surface area contributed by atoms with Crippen LogP contribution in [0.5, 0.6) is 0 Å². The molecule has 1 unspecified atom stereocenters. The van der Waals surface area contributed by atoms with E-state index < -0.39 is 0 Å². The average molecular weight is 262 g/mol. The van der Waals surface area contributed by atoms with Crippen LogP contribution in [-0.4, -0.2) is 0 Å². The van der Waals surface area contributed by atoms with Crippen LogP contribution in [0.3, 0.4) is 0 Å². The Morgan fingerprint density at radius 2 is 1.42 bits per heavy atom. The molecule has 0 heteroatoms. The molecule has 0 aromatic carbocycles. The lowest BCUT2D eigenvalue weighted by Crippen LogP contribution is -1.97. The van der Waals surface area contributed by atoms with Crippen molar-refractivity contribution in [1.29, 1.82) is 0 Å². The molecular weight excluding hydrogens is 228 g/mol. The van der Waals surface area contributed by atoms with Crippen molar-refractivity contribution < 1.29 is 0 Å². The van der Waals surface area contributed by atoms with Crippen molar-refractivity contribution >= 4 is 0 Å². The van der Waals surface area contributed by atoms with Gasteiger partial charge in [0, 0.05) is 12.8 Å². The quantitative estimate of drug-likeness (QED) is 0.283. The zero-order valence-corrected chi connectivity index (χ0v) is 13.2. The summed E-state index contributed by atoms with van der Waals surface area (Å²) in [4.78, 5) is 0. The van der Waals surface area contributed by atoms with E-state index >= 15 is 0 Å². The van der Waals surface area contributed by atoms with Crippen LogP contribution in [-0.2, 0) is 0 Å². The van der Waals surface area contributed by atoms with Crippen LogP contribution in [0, 0.1) is 31.6 Å². The molecule has 19 heavy (non-hydrogen) atoms. The molecule has 0 nitrogen and oxygen atoms in total. The van der Waals surface area contributed by atoms with Crippen molar-refractivity contribution in [3.8, 4) is 11.8 Å². The third-order valence-corrected chi connectivity index (χ3v) is 3.76. The summed E-state index contributed by atoms with van der Waals surface area (Å²) in [6.07, 6.45) is 16.2. The van der Waals surface area contributed by atoms with Gasteiger partial charge in [0.25, 0.3) is 0 Å². The maximum atomic E-state index is 3.89. The van der Waals surface area contributed by atoms with Crippen LogP contribution in [0.1, 0.15) is 90.4 Å². The first-order chi connectivity index (χ1) is 9.35. The summed E-state index contributed by atoms with van der Waals surface area (Å²) in [5, 5.41) is 0. The molecule has 0 rings (SSSR count). The van der Waals surface area contributed by atoms with E-state index in [4.69, 9.17) is 0 Å². The summed E-state index contributed by atoms with van der Waals surface area (Å²) in [6, 6.07) is 0. The number of hydrogen-bond acceptors (Lipinski definition) is 0. The van der Waals surface area contributed by atoms with Crippen LogP contribution in [0.4, 0.5) is 0 Å². The van der Waals surface area contributed by atoms with Gasteiger partial charge in [0.2, 0.25) is 0 Å². The molecule has 0 aromatic heterocycles. The standard InChI is InChI=1S/C19H34/c1-4-7-9-11-12-14-16-18-19(6-3)17-15-13-10-8-5-2/h19H,1-2,4-13,15,17-18H2,3H3. The topological polar surface area (TPSA) is 0 Å². The Morgan fingerprint density at radius 1 is 0.789 bits per heavy atom.